The van der Waals surface area contributed by atoms with Crippen LogP contribution in [-0.2, 0) is 17.6 Å². The van der Waals surface area contributed by atoms with Gasteiger partial charge in [0.15, 0.2) is 28.4 Å². The Labute approximate surface area is 181 Å². The van der Waals surface area contributed by atoms with E-state index in [-0.39, 0.29) is 5.11 Å². The molecule has 1 aliphatic carbocycles. The summed E-state index contributed by atoms with van der Waals surface area (Å²) in [5.74, 6) is -7.00. The van der Waals surface area contributed by atoms with E-state index >= 15 is 0 Å². The number of thiophene rings is 1. The van der Waals surface area contributed by atoms with Crippen molar-refractivity contribution in [3.05, 3.63) is 43.7 Å². The lowest BCUT2D eigenvalue weighted by atomic mass is 10.1. The van der Waals surface area contributed by atoms with E-state index < -0.39 is 39.4 Å². The average molecular weight is 511 g/mol. The van der Waals surface area contributed by atoms with Crippen LogP contribution in [0.2, 0.25) is 0 Å². The first kappa shape index (κ1) is 22.0. The summed E-state index contributed by atoms with van der Waals surface area (Å²) in [4.78, 5) is 13.3. The number of halogens is 5. The van der Waals surface area contributed by atoms with E-state index in [4.69, 9.17) is 17.0 Å². The first-order valence-corrected chi connectivity index (χ1v) is 10.6. The molecular formula is C18H15BrF4N2O2S2. The molecule has 1 aromatic carbocycles. The van der Waals surface area contributed by atoms with Gasteiger partial charge in [-0.1, -0.05) is 6.42 Å². The van der Waals surface area contributed by atoms with E-state index in [1.54, 1.807) is 0 Å². The molecule has 0 bridgehead atoms. The van der Waals surface area contributed by atoms with Gasteiger partial charge in [0, 0.05) is 4.88 Å². The summed E-state index contributed by atoms with van der Waals surface area (Å²) in [7, 11) is 1.25. The maximum atomic E-state index is 14.1. The maximum absolute atomic E-state index is 14.1. The van der Waals surface area contributed by atoms with Crippen LogP contribution in [-0.4, -0.2) is 18.2 Å². The topological polar surface area (TPSA) is 50.4 Å². The summed E-state index contributed by atoms with van der Waals surface area (Å²) in [5, 5.41) is 4.86. The van der Waals surface area contributed by atoms with Crippen molar-refractivity contribution in [1.82, 2.24) is 0 Å². The number of hydrogen-bond donors (Lipinski definition) is 2. The molecule has 1 aliphatic rings. The number of thiocarbonyl (C=S) groups is 1. The van der Waals surface area contributed by atoms with Crippen LogP contribution < -0.4 is 10.6 Å². The highest BCUT2D eigenvalue weighted by molar-refractivity contribution is 9.10. The van der Waals surface area contributed by atoms with Gasteiger partial charge in [-0.15, -0.1) is 11.3 Å². The quantitative estimate of drug-likeness (QED) is 0.134. The van der Waals surface area contributed by atoms with Crippen molar-refractivity contribution in [3.8, 4) is 0 Å². The van der Waals surface area contributed by atoms with Crippen molar-refractivity contribution in [2.75, 3.05) is 17.7 Å². The molecule has 11 heteroatoms. The number of aryl methyl sites for hydroxylation is 1. The maximum Gasteiger partial charge on any atom is 0.341 e. The zero-order valence-electron chi connectivity index (χ0n) is 15.1. The van der Waals surface area contributed by atoms with Crippen LogP contribution in [0.3, 0.4) is 0 Å². The van der Waals surface area contributed by atoms with Crippen molar-refractivity contribution in [2.24, 2.45) is 0 Å². The Kier molecular flexibility index (Phi) is 6.79. The molecule has 3 rings (SSSR count). The van der Waals surface area contributed by atoms with Gasteiger partial charge in [-0.2, -0.15) is 0 Å². The van der Waals surface area contributed by atoms with E-state index in [1.807, 2.05) is 0 Å². The molecule has 0 atom stereocenters. The summed E-state index contributed by atoms with van der Waals surface area (Å²) in [6.45, 7) is 0. The SMILES string of the molecule is COC(=O)c1c(NC(=S)Nc2c(F)c(F)c(Br)c(F)c2F)sc2c1CCCCC2. The van der Waals surface area contributed by atoms with Gasteiger partial charge in [-0.3, -0.25) is 0 Å². The lowest BCUT2D eigenvalue weighted by Gasteiger charge is -2.14. The fourth-order valence-electron chi connectivity index (χ4n) is 3.11. The molecule has 0 spiro atoms. The second kappa shape index (κ2) is 8.97. The van der Waals surface area contributed by atoms with Gasteiger partial charge in [0.05, 0.1) is 17.1 Å². The number of carbonyl (C=O) groups is 1. The summed E-state index contributed by atoms with van der Waals surface area (Å²) in [5.41, 5.74) is 0.105. The monoisotopic (exact) mass is 510 g/mol. The zero-order valence-corrected chi connectivity index (χ0v) is 18.3. The van der Waals surface area contributed by atoms with Crippen LogP contribution in [0.25, 0.3) is 0 Å². The van der Waals surface area contributed by atoms with Gasteiger partial charge in [-0.25, -0.2) is 22.4 Å². The molecule has 1 heterocycles. The molecule has 0 unspecified atom stereocenters. The lowest BCUT2D eigenvalue weighted by molar-refractivity contribution is 0.0601. The highest BCUT2D eigenvalue weighted by atomic mass is 79.9. The Morgan fingerprint density at radius 3 is 2.28 bits per heavy atom. The number of hydrogen-bond acceptors (Lipinski definition) is 4. The smallest absolute Gasteiger partial charge is 0.341 e. The second-order valence-corrected chi connectivity index (χ2v) is 8.59. The van der Waals surface area contributed by atoms with Crippen LogP contribution >= 0.6 is 39.5 Å². The third-order valence-electron chi connectivity index (χ3n) is 4.49. The number of anilines is 2. The molecule has 0 saturated heterocycles. The molecule has 1 aromatic heterocycles. The standard InChI is InChI=1S/C18H15BrF4N2O2S2/c1-27-17(26)9-7-5-3-2-4-6-8(7)29-16(9)25-18(28)24-15-13(22)11(20)10(19)12(21)14(15)23/h2-6H2,1H3,(H2,24,25,28). The summed E-state index contributed by atoms with van der Waals surface area (Å²) in [6, 6.07) is 0. The fourth-order valence-corrected chi connectivity index (χ4v) is 5.01. The molecule has 0 amide bonds. The normalized spacial score (nSPS) is 13.4. The third-order valence-corrected chi connectivity index (χ3v) is 6.59. The number of benzene rings is 1. The minimum Gasteiger partial charge on any atom is -0.465 e. The number of methoxy groups -OCH3 is 1. The second-order valence-electron chi connectivity index (χ2n) is 6.28. The van der Waals surface area contributed by atoms with Gasteiger partial charge >= 0.3 is 5.97 Å². The summed E-state index contributed by atoms with van der Waals surface area (Å²) >= 11 is 8.79. The minimum atomic E-state index is -1.63. The van der Waals surface area contributed by atoms with Crippen LogP contribution in [0.4, 0.5) is 28.3 Å². The molecular weight excluding hydrogens is 496 g/mol. The van der Waals surface area contributed by atoms with Crippen LogP contribution in [0.1, 0.15) is 40.1 Å². The van der Waals surface area contributed by atoms with Crippen LogP contribution in [0.15, 0.2) is 4.47 Å². The van der Waals surface area contributed by atoms with Crippen molar-refractivity contribution in [2.45, 2.75) is 32.1 Å². The highest BCUT2D eigenvalue weighted by Crippen LogP contribution is 2.38. The van der Waals surface area contributed by atoms with Crippen molar-refractivity contribution in [3.63, 3.8) is 0 Å². The van der Waals surface area contributed by atoms with E-state index in [0.717, 1.165) is 36.1 Å². The van der Waals surface area contributed by atoms with Gasteiger partial charge in [0.25, 0.3) is 0 Å². The molecule has 4 nitrogen and oxygen atoms in total. The van der Waals surface area contributed by atoms with Crippen LogP contribution in [0.5, 0.6) is 0 Å². The Morgan fingerprint density at radius 1 is 1.03 bits per heavy atom. The molecule has 2 N–H and O–H groups in total. The molecule has 156 valence electrons. The van der Waals surface area contributed by atoms with E-state index in [2.05, 4.69) is 26.6 Å². The first-order chi connectivity index (χ1) is 13.8. The van der Waals surface area contributed by atoms with Gasteiger partial charge < -0.3 is 15.4 Å². The Morgan fingerprint density at radius 2 is 1.66 bits per heavy atom. The molecule has 0 aliphatic heterocycles. The largest absolute Gasteiger partial charge is 0.465 e. The lowest BCUT2D eigenvalue weighted by Crippen LogP contribution is -2.22. The number of nitrogens with one attached hydrogen (secondary N) is 2. The summed E-state index contributed by atoms with van der Waals surface area (Å²) < 4.78 is 59.5. The Bertz CT molecular complexity index is 968. The molecule has 2 aromatic rings. The number of ether oxygens (including phenoxy) is 1. The number of carbonyl (C=O) groups excluding carboxylic acids is 1. The summed E-state index contributed by atoms with van der Waals surface area (Å²) in [6.07, 6.45) is 4.43. The Hall–Kier alpha value is -1.72. The third kappa shape index (κ3) is 4.26. The molecule has 0 fully saturated rings. The number of rotatable bonds is 3. The molecule has 29 heavy (non-hydrogen) atoms. The van der Waals surface area contributed by atoms with E-state index in [9.17, 15) is 22.4 Å². The van der Waals surface area contributed by atoms with Gasteiger partial charge in [0.2, 0.25) is 0 Å². The predicted octanol–water partition coefficient (Wildman–Crippen LogP) is 5.93. The average Bonchev–Trinajstić information content (AvgIpc) is 2.87. The van der Waals surface area contributed by atoms with E-state index in [0.29, 0.717) is 17.0 Å². The van der Waals surface area contributed by atoms with Crippen molar-refractivity contribution >= 4 is 61.3 Å². The predicted molar refractivity (Wildman–Crippen MR) is 111 cm³/mol. The molecule has 0 saturated carbocycles. The number of esters is 1. The molecule has 0 radical (unpaired) electrons. The van der Waals surface area contributed by atoms with Crippen LogP contribution in [0, 0.1) is 23.3 Å². The number of fused-ring (bicyclic) bond motifs is 1. The Balaban J connectivity index is 1.92. The van der Waals surface area contributed by atoms with Gasteiger partial charge in [-0.05, 0) is 59.4 Å². The van der Waals surface area contributed by atoms with Gasteiger partial charge in [0.1, 0.15) is 10.7 Å². The fraction of sp³-hybridized carbons (Fsp3) is 0.333. The zero-order chi connectivity index (χ0) is 21.3. The minimum absolute atomic E-state index is 0.313. The first-order valence-electron chi connectivity index (χ1n) is 8.58. The van der Waals surface area contributed by atoms with Crippen molar-refractivity contribution < 1.29 is 27.1 Å². The van der Waals surface area contributed by atoms with Crippen molar-refractivity contribution in [1.29, 1.82) is 0 Å². The van der Waals surface area contributed by atoms with E-state index in [1.165, 1.54) is 18.4 Å². The highest BCUT2D eigenvalue weighted by Gasteiger charge is 2.27.